The van der Waals surface area contributed by atoms with E-state index in [1.165, 1.54) is 6.42 Å². The van der Waals surface area contributed by atoms with Crippen LogP contribution in [0.3, 0.4) is 0 Å². The number of amides is 1. The smallest absolute Gasteiger partial charge is 0.222 e. The Bertz CT molecular complexity index is 454. The van der Waals surface area contributed by atoms with E-state index in [0.29, 0.717) is 6.42 Å². The van der Waals surface area contributed by atoms with Gasteiger partial charge in [-0.15, -0.1) is 0 Å². The number of aryl methyl sites for hydroxylation is 1. The average molecular weight is 260 g/mol. The Morgan fingerprint density at radius 3 is 2.79 bits per heavy atom. The van der Waals surface area contributed by atoms with Crippen LogP contribution in [-0.2, 0) is 11.2 Å². The number of hydrogen-bond acceptors (Lipinski definition) is 2. The number of piperidine rings is 1. The molecule has 0 saturated carbocycles. The maximum absolute atomic E-state index is 12.3. The molecule has 1 aromatic carbocycles. The van der Waals surface area contributed by atoms with Gasteiger partial charge in [-0.2, -0.15) is 0 Å². The highest BCUT2D eigenvalue weighted by Crippen LogP contribution is 2.28. The van der Waals surface area contributed by atoms with Crippen LogP contribution in [0.25, 0.3) is 0 Å². The number of para-hydroxylation sites is 1. The van der Waals surface area contributed by atoms with Crippen molar-refractivity contribution >= 4 is 11.6 Å². The summed E-state index contributed by atoms with van der Waals surface area (Å²) in [6, 6.07) is 7.79. The average Bonchev–Trinajstić information content (AvgIpc) is 2.36. The molecule has 0 unspecified atom stereocenters. The minimum Gasteiger partial charge on any atom is -0.399 e. The summed E-state index contributed by atoms with van der Waals surface area (Å²) in [7, 11) is 0. The summed E-state index contributed by atoms with van der Waals surface area (Å²) in [6.45, 7) is 6.27. The molecule has 2 N–H and O–H groups in total. The third-order valence-electron chi connectivity index (χ3n) is 3.92. The van der Waals surface area contributed by atoms with Crippen LogP contribution in [0.1, 0.15) is 38.7 Å². The van der Waals surface area contributed by atoms with Crippen LogP contribution in [0.15, 0.2) is 24.3 Å². The van der Waals surface area contributed by atoms with E-state index in [2.05, 4.69) is 13.8 Å². The lowest BCUT2D eigenvalue weighted by Gasteiger charge is -2.38. The Morgan fingerprint density at radius 1 is 1.37 bits per heavy atom. The molecule has 1 aliphatic rings. The molecular weight excluding hydrogens is 236 g/mol. The van der Waals surface area contributed by atoms with Gasteiger partial charge >= 0.3 is 0 Å². The molecular formula is C16H24N2O. The van der Waals surface area contributed by atoms with Crippen LogP contribution in [0, 0.1) is 5.41 Å². The summed E-state index contributed by atoms with van der Waals surface area (Å²) < 4.78 is 0. The fourth-order valence-electron chi connectivity index (χ4n) is 2.80. The Balaban J connectivity index is 1.90. The van der Waals surface area contributed by atoms with Crippen molar-refractivity contribution in [2.45, 2.75) is 39.5 Å². The Morgan fingerprint density at radius 2 is 2.11 bits per heavy atom. The molecule has 2 rings (SSSR count). The van der Waals surface area contributed by atoms with E-state index in [9.17, 15) is 4.79 Å². The first-order valence-electron chi connectivity index (χ1n) is 7.09. The second kappa shape index (κ2) is 5.64. The molecule has 1 aromatic rings. The van der Waals surface area contributed by atoms with Crippen molar-refractivity contribution in [1.82, 2.24) is 4.90 Å². The molecule has 0 radical (unpaired) electrons. The molecule has 1 aliphatic heterocycles. The monoisotopic (exact) mass is 260 g/mol. The third-order valence-corrected chi connectivity index (χ3v) is 3.92. The molecule has 19 heavy (non-hydrogen) atoms. The van der Waals surface area contributed by atoms with E-state index in [1.807, 2.05) is 29.2 Å². The summed E-state index contributed by atoms with van der Waals surface area (Å²) in [6.07, 6.45) is 3.63. The zero-order chi connectivity index (χ0) is 13.9. The van der Waals surface area contributed by atoms with Gasteiger partial charge < -0.3 is 10.6 Å². The topological polar surface area (TPSA) is 46.3 Å². The number of carbonyl (C=O) groups is 1. The first-order chi connectivity index (χ1) is 8.98. The number of nitrogens with two attached hydrogens (primary N) is 1. The van der Waals surface area contributed by atoms with Gasteiger partial charge in [-0.3, -0.25) is 4.79 Å². The van der Waals surface area contributed by atoms with Crippen LogP contribution >= 0.6 is 0 Å². The van der Waals surface area contributed by atoms with Gasteiger partial charge in [0, 0.05) is 25.2 Å². The molecule has 0 bridgehead atoms. The number of nitrogens with zero attached hydrogens (tertiary/aromatic N) is 1. The van der Waals surface area contributed by atoms with Crippen LogP contribution in [0.2, 0.25) is 0 Å². The molecule has 1 heterocycles. The molecule has 0 aliphatic carbocycles. The van der Waals surface area contributed by atoms with Gasteiger partial charge in [-0.1, -0.05) is 32.0 Å². The quantitative estimate of drug-likeness (QED) is 0.849. The zero-order valence-electron chi connectivity index (χ0n) is 12.0. The van der Waals surface area contributed by atoms with Crippen molar-refractivity contribution in [3.63, 3.8) is 0 Å². The van der Waals surface area contributed by atoms with Crippen molar-refractivity contribution in [3.8, 4) is 0 Å². The Labute approximate surface area is 115 Å². The highest BCUT2D eigenvalue weighted by Gasteiger charge is 2.28. The number of likely N-dealkylation sites (tertiary alicyclic amines) is 1. The number of hydrogen-bond donors (Lipinski definition) is 1. The van der Waals surface area contributed by atoms with Crippen molar-refractivity contribution in [2.24, 2.45) is 5.41 Å². The van der Waals surface area contributed by atoms with Gasteiger partial charge in [0.1, 0.15) is 0 Å². The van der Waals surface area contributed by atoms with E-state index in [1.54, 1.807) is 0 Å². The van der Waals surface area contributed by atoms with Crippen LogP contribution in [0.5, 0.6) is 0 Å². The predicted octanol–water partition coefficient (Wildman–Crippen LogP) is 2.85. The molecule has 0 atom stereocenters. The summed E-state index contributed by atoms with van der Waals surface area (Å²) in [4.78, 5) is 14.3. The van der Waals surface area contributed by atoms with Gasteiger partial charge in [0.25, 0.3) is 0 Å². The van der Waals surface area contributed by atoms with E-state index in [-0.39, 0.29) is 11.3 Å². The van der Waals surface area contributed by atoms with Crippen molar-refractivity contribution < 1.29 is 4.79 Å². The number of benzene rings is 1. The lowest BCUT2D eigenvalue weighted by molar-refractivity contribution is -0.134. The minimum atomic E-state index is 0.260. The first kappa shape index (κ1) is 13.9. The highest BCUT2D eigenvalue weighted by molar-refractivity contribution is 5.76. The van der Waals surface area contributed by atoms with Crippen molar-refractivity contribution in [3.05, 3.63) is 29.8 Å². The molecule has 1 fully saturated rings. The fraction of sp³-hybridized carbons (Fsp3) is 0.562. The molecule has 1 amide bonds. The molecule has 0 aromatic heterocycles. The SMILES string of the molecule is CC1(C)CCCN(C(=O)CCc2ccccc2N)C1. The number of carbonyl (C=O) groups excluding carboxylic acids is 1. The van der Waals surface area contributed by atoms with Gasteiger partial charge in [0.15, 0.2) is 0 Å². The second-order valence-corrected chi connectivity index (χ2v) is 6.28. The summed E-state index contributed by atoms with van der Waals surface area (Å²) in [5.41, 5.74) is 8.03. The summed E-state index contributed by atoms with van der Waals surface area (Å²) in [5, 5.41) is 0. The van der Waals surface area contributed by atoms with E-state index >= 15 is 0 Å². The molecule has 3 heteroatoms. The minimum absolute atomic E-state index is 0.260. The highest BCUT2D eigenvalue weighted by atomic mass is 16.2. The number of anilines is 1. The normalized spacial score (nSPS) is 18.3. The summed E-state index contributed by atoms with van der Waals surface area (Å²) in [5.74, 6) is 0.260. The predicted molar refractivity (Wildman–Crippen MR) is 78.8 cm³/mol. The van der Waals surface area contributed by atoms with Crippen molar-refractivity contribution in [2.75, 3.05) is 18.8 Å². The maximum atomic E-state index is 12.3. The second-order valence-electron chi connectivity index (χ2n) is 6.28. The molecule has 1 saturated heterocycles. The van der Waals surface area contributed by atoms with Crippen molar-refractivity contribution in [1.29, 1.82) is 0 Å². The molecule has 3 nitrogen and oxygen atoms in total. The number of nitrogen functional groups attached to an aromatic ring is 1. The number of rotatable bonds is 3. The third kappa shape index (κ3) is 3.72. The Kier molecular flexibility index (Phi) is 4.13. The standard InChI is InChI=1S/C16H24N2O/c1-16(2)10-5-11-18(12-16)15(19)9-8-13-6-3-4-7-14(13)17/h3-4,6-7H,5,8-12,17H2,1-2H3. The zero-order valence-corrected chi connectivity index (χ0v) is 12.0. The van der Waals surface area contributed by atoms with Gasteiger partial charge in [-0.05, 0) is 36.3 Å². The fourth-order valence-corrected chi connectivity index (χ4v) is 2.80. The van der Waals surface area contributed by atoms with Crippen LogP contribution < -0.4 is 5.73 Å². The maximum Gasteiger partial charge on any atom is 0.222 e. The van der Waals surface area contributed by atoms with E-state index < -0.39 is 0 Å². The van der Waals surface area contributed by atoms with E-state index in [0.717, 1.165) is 37.2 Å². The lowest BCUT2D eigenvalue weighted by Crippen LogP contribution is -2.43. The summed E-state index contributed by atoms with van der Waals surface area (Å²) >= 11 is 0. The van der Waals surface area contributed by atoms with Gasteiger partial charge in [0.05, 0.1) is 0 Å². The first-order valence-corrected chi connectivity index (χ1v) is 7.09. The van der Waals surface area contributed by atoms with E-state index in [4.69, 9.17) is 5.73 Å². The molecule has 104 valence electrons. The lowest BCUT2D eigenvalue weighted by atomic mass is 9.84. The molecule has 0 spiro atoms. The van der Waals surface area contributed by atoms with Gasteiger partial charge in [0.2, 0.25) is 5.91 Å². The van der Waals surface area contributed by atoms with Gasteiger partial charge in [-0.25, -0.2) is 0 Å². The largest absolute Gasteiger partial charge is 0.399 e. The Hall–Kier alpha value is -1.51. The van der Waals surface area contributed by atoms with Crippen LogP contribution in [-0.4, -0.2) is 23.9 Å². The van der Waals surface area contributed by atoms with Crippen LogP contribution in [0.4, 0.5) is 5.69 Å².